The molecular formula is C18H25F3N2O. The van der Waals surface area contributed by atoms with Crippen molar-refractivity contribution < 1.29 is 18.0 Å². The lowest BCUT2D eigenvalue weighted by Crippen LogP contribution is -2.54. The molecule has 1 aliphatic rings. The van der Waals surface area contributed by atoms with E-state index in [4.69, 9.17) is 5.73 Å². The standard InChI is InChI=1S/C18H25F3N2O/c1-12(13-6-4-5-7-14(13)18(19,20)21)10-16(24)23-9-8-15(22)17(2,3)11-23/h4-7,12,15H,8-11,22H2,1-3H3. The number of alkyl halides is 3. The Hall–Kier alpha value is -1.56. The van der Waals surface area contributed by atoms with Gasteiger partial charge in [-0.05, 0) is 29.4 Å². The molecule has 1 aromatic carbocycles. The van der Waals surface area contributed by atoms with E-state index in [0.29, 0.717) is 19.5 Å². The molecule has 2 atom stereocenters. The van der Waals surface area contributed by atoms with Crippen molar-refractivity contribution in [2.24, 2.45) is 11.1 Å². The summed E-state index contributed by atoms with van der Waals surface area (Å²) in [7, 11) is 0. The molecule has 0 aliphatic carbocycles. The number of benzene rings is 1. The number of halogens is 3. The molecule has 1 heterocycles. The van der Waals surface area contributed by atoms with E-state index in [1.165, 1.54) is 12.1 Å². The number of carbonyl (C=O) groups is 1. The Morgan fingerprint density at radius 3 is 2.58 bits per heavy atom. The first-order valence-electron chi connectivity index (χ1n) is 8.22. The first kappa shape index (κ1) is 18.8. The molecule has 24 heavy (non-hydrogen) atoms. The Bertz CT molecular complexity index is 598. The van der Waals surface area contributed by atoms with Gasteiger partial charge >= 0.3 is 6.18 Å². The highest BCUT2D eigenvalue weighted by atomic mass is 19.4. The van der Waals surface area contributed by atoms with Crippen molar-refractivity contribution in [2.45, 2.75) is 51.7 Å². The maximum absolute atomic E-state index is 13.1. The lowest BCUT2D eigenvalue weighted by atomic mass is 9.79. The number of hydrogen-bond donors (Lipinski definition) is 1. The average Bonchev–Trinajstić information content (AvgIpc) is 2.49. The van der Waals surface area contributed by atoms with E-state index in [0.717, 1.165) is 6.07 Å². The van der Waals surface area contributed by atoms with Crippen LogP contribution in [0.2, 0.25) is 0 Å². The molecule has 3 nitrogen and oxygen atoms in total. The fourth-order valence-corrected chi connectivity index (χ4v) is 3.27. The van der Waals surface area contributed by atoms with E-state index in [2.05, 4.69) is 0 Å². The van der Waals surface area contributed by atoms with E-state index < -0.39 is 17.7 Å². The van der Waals surface area contributed by atoms with Gasteiger partial charge in [0.1, 0.15) is 0 Å². The Balaban J connectivity index is 2.10. The van der Waals surface area contributed by atoms with Crippen molar-refractivity contribution >= 4 is 5.91 Å². The van der Waals surface area contributed by atoms with Gasteiger partial charge in [0, 0.05) is 25.6 Å². The molecular weight excluding hydrogens is 317 g/mol. The molecule has 1 aromatic rings. The van der Waals surface area contributed by atoms with Crippen molar-refractivity contribution in [3.05, 3.63) is 35.4 Å². The molecule has 1 amide bonds. The maximum Gasteiger partial charge on any atom is 0.416 e. The fraction of sp³-hybridized carbons (Fsp3) is 0.611. The Kier molecular flexibility index (Phi) is 5.28. The van der Waals surface area contributed by atoms with Gasteiger partial charge in [-0.1, -0.05) is 39.0 Å². The van der Waals surface area contributed by atoms with Crippen LogP contribution in [0, 0.1) is 5.41 Å². The van der Waals surface area contributed by atoms with Crippen LogP contribution in [0.1, 0.15) is 50.7 Å². The highest BCUT2D eigenvalue weighted by molar-refractivity contribution is 5.77. The molecule has 1 saturated heterocycles. The van der Waals surface area contributed by atoms with Crippen LogP contribution >= 0.6 is 0 Å². The summed E-state index contributed by atoms with van der Waals surface area (Å²) in [6.07, 6.45) is -3.63. The zero-order valence-electron chi connectivity index (χ0n) is 14.4. The zero-order chi connectivity index (χ0) is 18.1. The molecule has 2 rings (SSSR count). The summed E-state index contributed by atoms with van der Waals surface area (Å²) in [5.74, 6) is -0.603. The molecule has 1 aliphatic heterocycles. The van der Waals surface area contributed by atoms with Crippen LogP contribution < -0.4 is 5.73 Å². The third-order valence-electron chi connectivity index (χ3n) is 4.94. The van der Waals surface area contributed by atoms with Gasteiger partial charge in [0.2, 0.25) is 5.91 Å². The number of hydrogen-bond acceptors (Lipinski definition) is 2. The second-order valence-electron chi connectivity index (χ2n) is 7.39. The van der Waals surface area contributed by atoms with Gasteiger partial charge in [-0.15, -0.1) is 0 Å². The first-order chi connectivity index (χ1) is 11.0. The Labute approximate surface area is 141 Å². The van der Waals surface area contributed by atoms with Gasteiger partial charge in [0.05, 0.1) is 5.56 Å². The van der Waals surface area contributed by atoms with Crippen LogP contribution in [-0.4, -0.2) is 29.9 Å². The SMILES string of the molecule is CC(CC(=O)N1CCC(N)C(C)(C)C1)c1ccccc1C(F)(F)F. The van der Waals surface area contributed by atoms with Gasteiger partial charge in [-0.25, -0.2) is 0 Å². The van der Waals surface area contributed by atoms with Crippen LogP contribution in [0.5, 0.6) is 0 Å². The average molecular weight is 342 g/mol. The van der Waals surface area contributed by atoms with Gasteiger partial charge in [-0.3, -0.25) is 4.79 Å². The van der Waals surface area contributed by atoms with Gasteiger partial charge in [0.25, 0.3) is 0 Å². The predicted octanol–water partition coefficient (Wildman–Crippen LogP) is 3.78. The van der Waals surface area contributed by atoms with Crippen LogP contribution in [0.3, 0.4) is 0 Å². The first-order valence-corrected chi connectivity index (χ1v) is 8.22. The number of nitrogens with zero attached hydrogens (tertiary/aromatic N) is 1. The van der Waals surface area contributed by atoms with Crippen molar-refractivity contribution in [3.8, 4) is 0 Å². The van der Waals surface area contributed by atoms with E-state index >= 15 is 0 Å². The summed E-state index contributed by atoms with van der Waals surface area (Å²) in [5, 5.41) is 0. The maximum atomic E-state index is 13.1. The molecule has 0 spiro atoms. The summed E-state index contributed by atoms with van der Waals surface area (Å²) in [6, 6.07) is 5.50. The molecule has 1 fully saturated rings. The second-order valence-corrected chi connectivity index (χ2v) is 7.39. The van der Waals surface area contributed by atoms with Gasteiger partial charge in [0.15, 0.2) is 0 Å². The molecule has 2 N–H and O–H groups in total. The Morgan fingerprint density at radius 2 is 2.00 bits per heavy atom. The zero-order valence-corrected chi connectivity index (χ0v) is 14.4. The summed E-state index contributed by atoms with van der Waals surface area (Å²) < 4.78 is 39.4. The lowest BCUT2D eigenvalue weighted by Gasteiger charge is -2.43. The smallest absolute Gasteiger partial charge is 0.342 e. The normalized spacial score (nSPS) is 22.3. The van der Waals surface area contributed by atoms with Crippen molar-refractivity contribution in [1.29, 1.82) is 0 Å². The van der Waals surface area contributed by atoms with E-state index in [1.54, 1.807) is 17.9 Å². The molecule has 2 unspecified atom stereocenters. The summed E-state index contributed by atoms with van der Waals surface area (Å²) in [5.41, 5.74) is 5.40. The number of carbonyl (C=O) groups excluding carboxylic acids is 1. The van der Waals surface area contributed by atoms with E-state index in [9.17, 15) is 18.0 Å². The fourth-order valence-electron chi connectivity index (χ4n) is 3.27. The summed E-state index contributed by atoms with van der Waals surface area (Å²) in [6.45, 7) is 6.81. The van der Waals surface area contributed by atoms with E-state index in [1.807, 2.05) is 13.8 Å². The van der Waals surface area contributed by atoms with Crippen LogP contribution in [0.4, 0.5) is 13.2 Å². The molecule has 134 valence electrons. The highest BCUT2D eigenvalue weighted by Gasteiger charge is 2.37. The van der Waals surface area contributed by atoms with Crippen LogP contribution in [0.25, 0.3) is 0 Å². The third kappa shape index (κ3) is 4.09. The van der Waals surface area contributed by atoms with Gasteiger partial charge < -0.3 is 10.6 Å². The molecule has 0 radical (unpaired) electrons. The van der Waals surface area contributed by atoms with E-state index in [-0.39, 0.29) is 29.3 Å². The number of likely N-dealkylation sites (tertiary alicyclic amines) is 1. The molecule has 6 heteroatoms. The number of nitrogens with two attached hydrogens (primary N) is 1. The van der Waals surface area contributed by atoms with Crippen molar-refractivity contribution in [3.63, 3.8) is 0 Å². The number of piperidine rings is 1. The monoisotopic (exact) mass is 342 g/mol. The number of amides is 1. The lowest BCUT2D eigenvalue weighted by molar-refractivity contribution is -0.139. The van der Waals surface area contributed by atoms with Gasteiger partial charge in [-0.2, -0.15) is 13.2 Å². The largest absolute Gasteiger partial charge is 0.416 e. The highest BCUT2D eigenvalue weighted by Crippen LogP contribution is 2.36. The van der Waals surface area contributed by atoms with Crippen molar-refractivity contribution in [2.75, 3.05) is 13.1 Å². The summed E-state index contributed by atoms with van der Waals surface area (Å²) >= 11 is 0. The topological polar surface area (TPSA) is 46.3 Å². The predicted molar refractivity (Wildman–Crippen MR) is 87.4 cm³/mol. The minimum absolute atomic E-state index is 0.0323. The molecule has 0 bridgehead atoms. The Morgan fingerprint density at radius 1 is 1.38 bits per heavy atom. The summed E-state index contributed by atoms with van der Waals surface area (Å²) in [4.78, 5) is 14.3. The quantitative estimate of drug-likeness (QED) is 0.908. The van der Waals surface area contributed by atoms with Crippen LogP contribution in [-0.2, 0) is 11.0 Å². The third-order valence-corrected chi connectivity index (χ3v) is 4.94. The molecule has 0 aromatic heterocycles. The molecule has 0 saturated carbocycles. The minimum atomic E-state index is -4.41. The number of rotatable bonds is 3. The second kappa shape index (κ2) is 6.75. The van der Waals surface area contributed by atoms with Crippen LogP contribution in [0.15, 0.2) is 24.3 Å². The van der Waals surface area contributed by atoms with Crippen molar-refractivity contribution in [1.82, 2.24) is 4.90 Å². The minimum Gasteiger partial charge on any atom is -0.342 e.